The highest BCUT2D eigenvalue weighted by atomic mass is 19.1. The first kappa shape index (κ1) is 15.5. The van der Waals surface area contributed by atoms with Gasteiger partial charge in [-0.25, -0.2) is 13.6 Å². The molecular formula is C14H18F2N2O3. The van der Waals surface area contributed by atoms with Crippen molar-refractivity contribution in [3.8, 4) is 5.75 Å². The Kier molecular flexibility index (Phi) is 4.95. The van der Waals surface area contributed by atoms with Gasteiger partial charge in [-0.3, -0.25) is 0 Å². The molecule has 7 heteroatoms. The van der Waals surface area contributed by atoms with E-state index in [1.807, 2.05) is 0 Å². The van der Waals surface area contributed by atoms with Gasteiger partial charge in [0.1, 0.15) is 0 Å². The van der Waals surface area contributed by atoms with Gasteiger partial charge in [0.15, 0.2) is 17.4 Å². The molecule has 0 unspecified atom stereocenters. The van der Waals surface area contributed by atoms with Crippen LogP contribution in [0.15, 0.2) is 12.1 Å². The van der Waals surface area contributed by atoms with E-state index in [2.05, 4.69) is 15.4 Å². The van der Waals surface area contributed by atoms with Crippen LogP contribution in [0.4, 0.5) is 19.3 Å². The SMILES string of the molecule is COc1cc(F)c(NC(=O)NC2CCC(O)CC2)cc1F. The van der Waals surface area contributed by atoms with Gasteiger partial charge in [-0.1, -0.05) is 0 Å². The molecule has 3 N–H and O–H groups in total. The Balaban J connectivity index is 1.95. The van der Waals surface area contributed by atoms with E-state index in [9.17, 15) is 18.7 Å². The van der Waals surface area contributed by atoms with E-state index in [4.69, 9.17) is 0 Å². The number of halogens is 2. The number of benzene rings is 1. The zero-order valence-corrected chi connectivity index (χ0v) is 11.7. The molecule has 116 valence electrons. The van der Waals surface area contributed by atoms with E-state index < -0.39 is 17.7 Å². The summed E-state index contributed by atoms with van der Waals surface area (Å²) in [6, 6.07) is 1.08. The lowest BCUT2D eigenvalue weighted by Gasteiger charge is -2.26. The summed E-state index contributed by atoms with van der Waals surface area (Å²) in [5.41, 5.74) is -0.248. The molecule has 1 aliphatic carbocycles. The second-order valence-corrected chi connectivity index (χ2v) is 5.07. The predicted octanol–water partition coefficient (Wildman–Crippen LogP) is 2.40. The Morgan fingerprint density at radius 2 is 1.90 bits per heavy atom. The number of carbonyl (C=O) groups excluding carboxylic acids is 1. The first-order chi connectivity index (χ1) is 9.99. The van der Waals surface area contributed by atoms with Crippen LogP contribution >= 0.6 is 0 Å². The van der Waals surface area contributed by atoms with E-state index in [1.54, 1.807) is 0 Å². The number of carbonyl (C=O) groups is 1. The third-order valence-electron chi connectivity index (χ3n) is 3.52. The van der Waals surface area contributed by atoms with Crippen molar-refractivity contribution in [3.63, 3.8) is 0 Å². The largest absolute Gasteiger partial charge is 0.494 e. The molecule has 1 saturated carbocycles. The minimum Gasteiger partial charge on any atom is -0.494 e. The standard InChI is InChI=1S/C14H18F2N2O3/c1-21-13-7-10(15)12(6-11(13)16)18-14(20)17-8-2-4-9(19)5-3-8/h6-9,19H,2-5H2,1H3,(H2,17,18,20). The number of urea groups is 1. The topological polar surface area (TPSA) is 70.6 Å². The van der Waals surface area contributed by atoms with Crippen LogP contribution in [0.5, 0.6) is 5.75 Å². The van der Waals surface area contributed by atoms with Gasteiger partial charge in [-0.15, -0.1) is 0 Å². The fourth-order valence-electron chi connectivity index (χ4n) is 2.34. The molecule has 21 heavy (non-hydrogen) atoms. The van der Waals surface area contributed by atoms with Crippen molar-refractivity contribution in [2.75, 3.05) is 12.4 Å². The Bertz CT molecular complexity index is 517. The maximum Gasteiger partial charge on any atom is 0.319 e. The van der Waals surface area contributed by atoms with Gasteiger partial charge < -0.3 is 20.5 Å². The summed E-state index contributed by atoms with van der Waals surface area (Å²) in [6.07, 6.45) is 2.24. The molecule has 0 aromatic heterocycles. The molecule has 1 aromatic carbocycles. The number of ether oxygens (including phenoxy) is 1. The fraction of sp³-hybridized carbons (Fsp3) is 0.500. The average Bonchev–Trinajstić information content (AvgIpc) is 2.45. The fourth-order valence-corrected chi connectivity index (χ4v) is 2.34. The predicted molar refractivity (Wildman–Crippen MR) is 73.3 cm³/mol. The molecule has 0 aliphatic heterocycles. The summed E-state index contributed by atoms with van der Waals surface area (Å²) in [5, 5.41) is 14.3. The Morgan fingerprint density at radius 3 is 2.52 bits per heavy atom. The number of aliphatic hydroxyl groups is 1. The summed E-state index contributed by atoms with van der Waals surface area (Å²) in [4.78, 5) is 11.8. The number of methoxy groups -OCH3 is 1. The zero-order valence-electron chi connectivity index (χ0n) is 11.7. The van der Waals surface area contributed by atoms with Gasteiger partial charge in [0.25, 0.3) is 0 Å². The van der Waals surface area contributed by atoms with Crippen LogP contribution in [0.25, 0.3) is 0 Å². The van der Waals surface area contributed by atoms with Gasteiger partial charge in [0.05, 0.1) is 18.9 Å². The van der Waals surface area contributed by atoms with Crippen LogP contribution < -0.4 is 15.4 Å². The van der Waals surface area contributed by atoms with Crippen molar-refractivity contribution in [2.45, 2.75) is 37.8 Å². The van der Waals surface area contributed by atoms with Gasteiger partial charge in [0.2, 0.25) is 0 Å². The molecule has 0 spiro atoms. The highest BCUT2D eigenvalue weighted by Crippen LogP contribution is 2.25. The highest BCUT2D eigenvalue weighted by molar-refractivity contribution is 5.89. The summed E-state index contributed by atoms with van der Waals surface area (Å²) >= 11 is 0. The molecule has 5 nitrogen and oxygen atoms in total. The Labute approximate surface area is 121 Å². The molecule has 1 aliphatic rings. The van der Waals surface area contributed by atoms with Crippen LogP contribution in [0.2, 0.25) is 0 Å². The van der Waals surface area contributed by atoms with Crippen molar-refractivity contribution >= 4 is 11.7 Å². The summed E-state index contributed by atoms with van der Waals surface area (Å²) < 4.78 is 31.8. The van der Waals surface area contributed by atoms with Gasteiger partial charge in [-0.05, 0) is 25.7 Å². The first-order valence-corrected chi connectivity index (χ1v) is 6.78. The van der Waals surface area contributed by atoms with E-state index >= 15 is 0 Å². The lowest BCUT2D eigenvalue weighted by Crippen LogP contribution is -2.41. The molecule has 1 aromatic rings. The molecule has 1 fully saturated rings. The lowest BCUT2D eigenvalue weighted by atomic mass is 9.93. The van der Waals surface area contributed by atoms with Crippen molar-refractivity contribution in [3.05, 3.63) is 23.8 Å². The van der Waals surface area contributed by atoms with Crippen molar-refractivity contribution in [1.82, 2.24) is 5.32 Å². The van der Waals surface area contributed by atoms with Crippen LogP contribution in [-0.4, -0.2) is 30.4 Å². The number of anilines is 1. The Hall–Kier alpha value is -1.89. The molecule has 0 saturated heterocycles. The minimum absolute atomic E-state index is 0.0699. The molecule has 2 amide bonds. The molecule has 0 bridgehead atoms. The maximum atomic E-state index is 13.7. The number of hydrogen-bond acceptors (Lipinski definition) is 3. The highest BCUT2D eigenvalue weighted by Gasteiger charge is 2.21. The number of rotatable bonds is 3. The first-order valence-electron chi connectivity index (χ1n) is 6.78. The van der Waals surface area contributed by atoms with E-state index in [-0.39, 0.29) is 23.6 Å². The zero-order chi connectivity index (χ0) is 15.4. The number of amides is 2. The molecule has 0 heterocycles. The average molecular weight is 300 g/mol. The second-order valence-electron chi connectivity index (χ2n) is 5.07. The van der Waals surface area contributed by atoms with Crippen LogP contribution in [0, 0.1) is 11.6 Å². The van der Waals surface area contributed by atoms with Crippen LogP contribution in [0.1, 0.15) is 25.7 Å². The molecule has 2 rings (SSSR count). The second kappa shape index (κ2) is 6.71. The van der Waals surface area contributed by atoms with Crippen molar-refractivity contribution in [2.24, 2.45) is 0 Å². The smallest absolute Gasteiger partial charge is 0.319 e. The molecular weight excluding hydrogens is 282 g/mol. The van der Waals surface area contributed by atoms with E-state index in [0.717, 1.165) is 12.1 Å². The van der Waals surface area contributed by atoms with Gasteiger partial charge in [0, 0.05) is 18.2 Å². The van der Waals surface area contributed by atoms with Gasteiger partial charge in [-0.2, -0.15) is 0 Å². The summed E-state index contributed by atoms with van der Waals surface area (Å²) in [7, 11) is 1.23. The number of hydrogen-bond donors (Lipinski definition) is 3. The summed E-state index contributed by atoms with van der Waals surface area (Å²) in [6.45, 7) is 0. The maximum absolute atomic E-state index is 13.7. The van der Waals surface area contributed by atoms with Crippen LogP contribution in [-0.2, 0) is 0 Å². The normalized spacial score (nSPS) is 21.7. The van der Waals surface area contributed by atoms with E-state index in [1.165, 1.54) is 7.11 Å². The number of aliphatic hydroxyl groups excluding tert-OH is 1. The van der Waals surface area contributed by atoms with Gasteiger partial charge >= 0.3 is 6.03 Å². The van der Waals surface area contributed by atoms with E-state index in [0.29, 0.717) is 25.7 Å². The van der Waals surface area contributed by atoms with Crippen molar-refractivity contribution in [1.29, 1.82) is 0 Å². The van der Waals surface area contributed by atoms with Crippen molar-refractivity contribution < 1.29 is 23.4 Å². The Morgan fingerprint density at radius 1 is 1.24 bits per heavy atom. The third kappa shape index (κ3) is 4.04. The van der Waals surface area contributed by atoms with Crippen LogP contribution in [0.3, 0.4) is 0 Å². The minimum atomic E-state index is -0.775. The number of nitrogens with one attached hydrogen (secondary N) is 2. The third-order valence-corrected chi connectivity index (χ3v) is 3.52. The summed E-state index contributed by atoms with van der Waals surface area (Å²) in [5.74, 6) is -1.75. The lowest BCUT2D eigenvalue weighted by molar-refractivity contribution is 0.118. The quantitative estimate of drug-likeness (QED) is 0.802. The monoisotopic (exact) mass is 300 g/mol. The molecule has 0 atom stereocenters. The molecule has 0 radical (unpaired) electrons.